The average Bonchev–Trinajstić information content (AvgIpc) is 2.38. The zero-order chi connectivity index (χ0) is 13.0. The van der Waals surface area contributed by atoms with E-state index in [1.54, 1.807) is 12.1 Å². The second-order valence-corrected chi connectivity index (χ2v) is 4.32. The summed E-state index contributed by atoms with van der Waals surface area (Å²) < 4.78 is 5.47. The number of pyridine rings is 1. The zero-order valence-corrected chi connectivity index (χ0v) is 10.7. The van der Waals surface area contributed by atoms with E-state index in [1.807, 2.05) is 18.2 Å². The van der Waals surface area contributed by atoms with Crippen molar-refractivity contribution in [2.75, 3.05) is 0 Å². The first-order chi connectivity index (χ1) is 8.70. The van der Waals surface area contributed by atoms with E-state index in [2.05, 4.69) is 4.98 Å². The summed E-state index contributed by atoms with van der Waals surface area (Å²) >= 11 is 11.8. The predicted octanol–water partition coefficient (Wildman–Crippen LogP) is 3.84. The van der Waals surface area contributed by atoms with Crippen molar-refractivity contribution in [1.82, 2.24) is 4.98 Å². The lowest BCUT2D eigenvalue weighted by Gasteiger charge is -2.07. The van der Waals surface area contributed by atoms with Gasteiger partial charge in [0, 0.05) is 11.2 Å². The second kappa shape index (κ2) is 5.72. The Morgan fingerprint density at radius 1 is 1.28 bits per heavy atom. The van der Waals surface area contributed by atoms with Gasteiger partial charge in [0.25, 0.3) is 0 Å². The van der Waals surface area contributed by atoms with E-state index >= 15 is 0 Å². The van der Waals surface area contributed by atoms with Crippen LogP contribution in [0.25, 0.3) is 0 Å². The summed E-state index contributed by atoms with van der Waals surface area (Å²) in [6.45, 7) is 0.294. The minimum Gasteiger partial charge on any atom is -0.472 e. The highest BCUT2D eigenvalue weighted by atomic mass is 35.5. The van der Waals surface area contributed by atoms with Gasteiger partial charge in [0.15, 0.2) is 0 Å². The SMILES string of the molecule is N#Cc1ccnc(OCc2cccc(Cl)c2)c1Cl. The topological polar surface area (TPSA) is 45.9 Å². The van der Waals surface area contributed by atoms with Gasteiger partial charge in [0.1, 0.15) is 17.7 Å². The van der Waals surface area contributed by atoms with Crippen LogP contribution in [0.4, 0.5) is 0 Å². The molecule has 2 aromatic rings. The molecule has 0 spiro atoms. The third kappa shape index (κ3) is 2.92. The Hall–Kier alpha value is -1.76. The molecule has 18 heavy (non-hydrogen) atoms. The van der Waals surface area contributed by atoms with Crippen LogP contribution in [0.15, 0.2) is 36.5 Å². The summed E-state index contributed by atoms with van der Waals surface area (Å²) in [6, 6.07) is 10.8. The molecule has 0 aliphatic rings. The van der Waals surface area contributed by atoms with E-state index in [9.17, 15) is 0 Å². The molecule has 3 nitrogen and oxygen atoms in total. The maximum absolute atomic E-state index is 8.83. The summed E-state index contributed by atoms with van der Waals surface area (Å²) in [5.74, 6) is 0.246. The van der Waals surface area contributed by atoms with Crippen molar-refractivity contribution in [1.29, 1.82) is 5.26 Å². The Morgan fingerprint density at radius 2 is 2.11 bits per heavy atom. The molecule has 2 rings (SSSR count). The number of rotatable bonds is 3. The Labute approximate surface area is 115 Å². The molecule has 0 amide bonds. The number of ether oxygens (including phenoxy) is 1. The fourth-order valence-electron chi connectivity index (χ4n) is 1.39. The lowest BCUT2D eigenvalue weighted by atomic mass is 10.2. The molecule has 0 aliphatic carbocycles. The smallest absolute Gasteiger partial charge is 0.234 e. The molecule has 0 saturated heterocycles. The third-order valence-corrected chi connectivity index (χ3v) is 2.84. The number of hydrogen-bond acceptors (Lipinski definition) is 3. The van der Waals surface area contributed by atoms with Crippen molar-refractivity contribution in [2.24, 2.45) is 0 Å². The maximum atomic E-state index is 8.83. The third-order valence-electron chi connectivity index (χ3n) is 2.24. The van der Waals surface area contributed by atoms with E-state index in [1.165, 1.54) is 12.3 Å². The summed E-state index contributed by atoms with van der Waals surface area (Å²) in [6.07, 6.45) is 1.48. The molecular weight excluding hydrogens is 271 g/mol. The van der Waals surface area contributed by atoms with Gasteiger partial charge in [-0.05, 0) is 23.8 Å². The quantitative estimate of drug-likeness (QED) is 0.857. The highest BCUT2D eigenvalue weighted by molar-refractivity contribution is 6.33. The van der Waals surface area contributed by atoms with Crippen LogP contribution < -0.4 is 4.74 Å². The van der Waals surface area contributed by atoms with E-state index < -0.39 is 0 Å². The van der Waals surface area contributed by atoms with Gasteiger partial charge in [-0.1, -0.05) is 35.3 Å². The largest absolute Gasteiger partial charge is 0.472 e. The van der Waals surface area contributed by atoms with Crippen LogP contribution in [0.1, 0.15) is 11.1 Å². The van der Waals surface area contributed by atoms with Crippen LogP contribution in [0.5, 0.6) is 5.88 Å². The van der Waals surface area contributed by atoms with Gasteiger partial charge < -0.3 is 4.74 Å². The van der Waals surface area contributed by atoms with Gasteiger partial charge in [-0.25, -0.2) is 4.98 Å². The van der Waals surface area contributed by atoms with E-state index in [-0.39, 0.29) is 10.9 Å². The summed E-state index contributed by atoms with van der Waals surface area (Å²) in [5.41, 5.74) is 1.25. The fourth-order valence-corrected chi connectivity index (χ4v) is 1.81. The van der Waals surface area contributed by atoms with Crippen LogP contribution >= 0.6 is 23.2 Å². The van der Waals surface area contributed by atoms with Gasteiger partial charge in [0.05, 0.1) is 5.56 Å². The van der Waals surface area contributed by atoms with Crippen LogP contribution in [0, 0.1) is 11.3 Å². The number of halogens is 2. The lowest BCUT2D eigenvalue weighted by molar-refractivity contribution is 0.294. The molecule has 1 aromatic carbocycles. The first-order valence-corrected chi connectivity index (χ1v) is 5.88. The average molecular weight is 279 g/mol. The van der Waals surface area contributed by atoms with Crippen molar-refractivity contribution in [3.05, 3.63) is 57.7 Å². The van der Waals surface area contributed by atoms with Crippen LogP contribution in [-0.4, -0.2) is 4.98 Å². The van der Waals surface area contributed by atoms with Gasteiger partial charge >= 0.3 is 0 Å². The molecule has 1 aromatic heterocycles. The van der Waals surface area contributed by atoms with Crippen LogP contribution in [0.3, 0.4) is 0 Å². The van der Waals surface area contributed by atoms with E-state index in [0.29, 0.717) is 17.2 Å². The molecular formula is C13H8Cl2N2O. The summed E-state index contributed by atoms with van der Waals surface area (Å²) in [4.78, 5) is 3.99. The Morgan fingerprint density at radius 3 is 2.83 bits per heavy atom. The molecule has 90 valence electrons. The van der Waals surface area contributed by atoms with Crippen molar-refractivity contribution < 1.29 is 4.74 Å². The highest BCUT2D eigenvalue weighted by Crippen LogP contribution is 2.25. The van der Waals surface area contributed by atoms with E-state index in [0.717, 1.165) is 5.56 Å². The van der Waals surface area contributed by atoms with Crippen molar-refractivity contribution in [2.45, 2.75) is 6.61 Å². The summed E-state index contributed by atoms with van der Waals surface area (Å²) in [7, 11) is 0. The number of aromatic nitrogens is 1. The van der Waals surface area contributed by atoms with Crippen molar-refractivity contribution in [3.63, 3.8) is 0 Å². The standard InChI is InChI=1S/C13H8Cl2N2O/c14-11-3-1-2-9(6-11)8-18-13-12(15)10(7-16)4-5-17-13/h1-6H,8H2. The number of benzene rings is 1. The zero-order valence-electron chi connectivity index (χ0n) is 9.23. The number of hydrogen-bond donors (Lipinski definition) is 0. The molecule has 0 fully saturated rings. The van der Waals surface area contributed by atoms with Crippen LogP contribution in [-0.2, 0) is 6.61 Å². The summed E-state index contributed by atoms with van der Waals surface area (Å²) in [5, 5.41) is 9.69. The minimum absolute atomic E-state index is 0.224. The molecule has 1 heterocycles. The number of nitrogens with zero attached hydrogens (tertiary/aromatic N) is 2. The van der Waals surface area contributed by atoms with Gasteiger partial charge in [0.2, 0.25) is 5.88 Å². The molecule has 0 unspecified atom stereocenters. The van der Waals surface area contributed by atoms with E-state index in [4.69, 9.17) is 33.2 Å². The predicted molar refractivity (Wildman–Crippen MR) is 69.7 cm³/mol. The molecule has 0 aliphatic heterocycles. The molecule has 0 saturated carbocycles. The normalized spacial score (nSPS) is 9.83. The maximum Gasteiger partial charge on any atom is 0.234 e. The number of nitriles is 1. The fraction of sp³-hybridized carbons (Fsp3) is 0.0769. The first-order valence-electron chi connectivity index (χ1n) is 5.12. The Balaban J connectivity index is 2.14. The second-order valence-electron chi connectivity index (χ2n) is 3.51. The molecule has 0 bridgehead atoms. The molecule has 0 radical (unpaired) electrons. The monoisotopic (exact) mass is 278 g/mol. The minimum atomic E-state index is 0.224. The van der Waals surface area contributed by atoms with Crippen LogP contribution in [0.2, 0.25) is 10.0 Å². The van der Waals surface area contributed by atoms with Crippen molar-refractivity contribution in [3.8, 4) is 11.9 Å². The Bertz CT molecular complexity index is 608. The van der Waals surface area contributed by atoms with Crippen molar-refractivity contribution >= 4 is 23.2 Å². The Kier molecular flexibility index (Phi) is 4.03. The van der Waals surface area contributed by atoms with Gasteiger partial charge in [-0.15, -0.1) is 0 Å². The van der Waals surface area contributed by atoms with Gasteiger partial charge in [-0.2, -0.15) is 5.26 Å². The molecule has 0 N–H and O–H groups in total. The molecule has 5 heteroatoms. The van der Waals surface area contributed by atoms with Gasteiger partial charge in [-0.3, -0.25) is 0 Å². The molecule has 0 atom stereocenters. The lowest BCUT2D eigenvalue weighted by Crippen LogP contribution is -1.98. The first kappa shape index (κ1) is 12.7. The highest BCUT2D eigenvalue weighted by Gasteiger charge is 2.08.